The lowest BCUT2D eigenvalue weighted by molar-refractivity contribution is -0.119. The molecule has 1 amide bonds. The van der Waals surface area contributed by atoms with Crippen LogP contribution in [0.4, 0.5) is 0 Å². The topological polar surface area (TPSA) is 79.0 Å². The number of nitrogens with two attached hydrogens (primary N) is 1. The molecule has 2 aliphatic rings. The molecule has 0 radical (unpaired) electrons. The Kier molecular flexibility index (Phi) is 6.87. The average molecular weight is 404 g/mol. The number of carbonyl (C=O) groups excluding carboxylic acids is 1. The third-order valence-corrected chi connectivity index (χ3v) is 6.44. The number of likely N-dealkylation sites (tertiary alicyclic amines) is 1. The van der Waals surface area contributed by atoms with Gasteiger partial charge in [-0.25, -0.2) is 0 Å². The largest absolute Gasteiger partial charge is 0.483 e. The standard InChI is InChI=1S/C23H37N3O3/c1-23(2,3)17-7-10-20(29-15-21(24)27)16(13-17)14-25(4)18-8-9-19(22(18)28)26-11-5-6-12-26/h7,10,13,18-19,22,28H,5-6,8-9,11-12,14-15H2,1-4H3,(H2,24,27)/t18-,19-,22-/m1/s1. The maximum atomic E-state index is 11.2. The van der Waals surface area contributed by atoms with Crippen molar-refractivity contribution in [1.29, 1.82) is 0 Å². The minimum Gasteiger partial charge on any atom is -0.483 e. The number of hydrogen-bond donors (Lipinski definition) is 2. The van der Waals surface area contributed by atoms with Crippen molar-refractivity contribution in [2.75, 3.05) is 26.7 Å². The lowest BCUT2D eigenvalue weighted by atomic mass is 9.86. The summed E-state index contributed by atoms with van der Waals surface area (Å²) in [7, 11) is 2.07. The van der Waals surface area contributed by atoms with Crippen molar-refractivity contribution in [1.82, 2.24) is 9.80 Å². The van der Waals surface area contributed by atoms with Crippen LogP contribution >= 0.6 is 0 Å². The van der Waals surface area contributed by atoms with E-state index < -0.39 is 5.91 Å². The van der Waals surface area contributed by atoms with Crippen LogP contribution in [0.3, 0.4) is 0 Å². The number of benzene rings is 1. The minimum atomic E-state index is -0.483. The Morgan fingerprint density at radius 3 is 2.59 bits per heavy atom. The first-order chi connectivity index (χ1) is 13.7. The fourth-order valence-corrected chi connectivity index (χ4v) is 4.74. The number of carbonyl (C=O) groups is 1. The van der Waals surface area contributed by atoms with Crippen LogP contribution in [-0.2, 0) is 16.8 Å². The monoisotopic (exact) mass is 403 g/mol. The third-order valence-electron chi connectivity index (χ3n) is 6.44. The van der Waals surface area contributed by atoms with Gasteiger partial charge in [-0.1, -0.05) is 32.9 Å². The molecular formula is C23H37N3O3. The maximum Gasteiger partial charge on any atom is 0.255 e. The summed E-state index contributed by atoms with van der Waals surface area (Å²) in [6.07, 6.45) is 4.19. The minimum absolute atomic E-state index is 0.0171. The molecule has 1 aromatic rings. The van der Waals surface area contributed by atoms with Crippen molar-refractivity contribution in [2.45, 2.75) is 76.6 Å². The molecule has 0 unspecified atom stereocenters. The summed E-state index contributed by atoms with van der Waals surface area (Å²) < 4.78 is 5.69. The summed E-state index contributed by atoms with van der Waals surface area (Å²) in [6.45, 7) is 9.29. The third kappa shape index (κ3) is 5.30. The van der Waals surface area contributed by atoms with Gasteiger partial charge in [0.2, 0.25) is 0 Å². The summed E-state index contributed by atoms with van der Waals surface area (Å²) in [6, 6.07) is 6.55. The van der Waals surface area contributed by atoms with Gasteiger partial charge in [0, 0.05) is 24.2 Å². The predicted octanol–water partition coefficient (Wildman–Crippen LogP) is 2.27. The van der Waals surface area contributed by atoms with Gasteiger partial charge in [0.1, 0.15) is 5.75 Å². The van der Waals surface area contributed by atoms with E-state index in [1.54, 1.807) is 0 Å². The van der Waals surface area contributed by atoms with Crippen LogP contribution in [0, 0.1) is 0 Å². The lowest BCUT2D eigenvalue weighted by Gasteiger charge is -2.32. The number of aliphatic hydroxyl groups is 1. The van der Waals surface area contributed by atoms with Crippen LogP contribution in [0.1, 0.15) is 57.6 Å². The molecule has 2 fully saturated rings. The SMILES string of the molecule is CN(Cc1cc(C(C)(C)C)ccc1OCC(N)=O)[C@@H]1CC[C@@H](N2CCCC2)[C@@H]1O. The summed E-state index contributed by atoms with van der Waals surface area (Å²) in [5.74, 6) is 0.205. The second kappa shape index (κ2) is 9.02. The molecule has 3 N–H and O–H groups in total. The van der Waals surface area contributed by atoms with E-state index in [2.05, 4.69) is 43.7 Å². The van der Waals surface area contributed by atoms with E-state index in [0.29, 0.717) is 12.3 Å². The fourth-order valence-electron chi connectivity index (χ4n) is 4.74. The lowest BCUT2D eigenvalue weighted by Crippen LogP contribution is -2.46. The molecule has 1 aliphatic carbocycles. The summed E-state index contributed by atoms with van der Waals surface area (Å²) in [5, 5.41) is 11.0. The van der Waals surface area contributed by atoms with E-state index in [-0.39, 0.29) is 30.2 Å². The normalized spacial score (nSPS) is 25.7. The molecule has 0 spiro atoms. The van der Waals surface area contributed by atoms with Crippen molar-refractivity contribution >= 4 is 5.91 Å². The first-order valence-corrected chi connectivity index (χ1v) is 10.8. The zero-order chi connectivity index (χ0) is 21.2. The van der Waals surface area contributed by atoms with Crippen molar-refractivity contribution in [3.8, 4) is 5.75 Å². The summed E-state index contributed by atoms with van der Waals surface area (Å²) in [4.78, 5) is 15.9. The van der Waals surface area contributed by atoms with E-state index in [1.165, 1.54) is 18.4 Å². The van der Waals surface area contributed by atoms with E-state index >= 15 is 0 Å². The van der Waals surface area contributed by atoms with Gasteiger partial charge in [-0.3, -0.25) is 14.6 Å². The van der Waals surface area contributed by atoms with E-state index in [0.717, 1.165) is 31.5 Å². The zero-order valence-electron chi connectivity index (χ0n) is 18.4. The molecule has 6 nitrogen and oxygen atoms in total. The molecule has 162 valence electrons. The molecule has 1 aliphatic heterocycles. The number of amides is 1. The Hall–Kier alpha value is -1.63. The maximum absolute atomic E-state index is 11.2. The number of likely N-dealkylation sites (N-methyl/N-ethyl adjacent to an activating group) is 1. The van der Waals surface area contributed by atoms with Gasteiger partial charge < -0.3 is 15.6 Å². The molecule has 1 heterocycles. The molecule has 0 aromatic heterocycles. The Balaban J connectivity index is 1.75. The number of nitrogens with zero attached hydrogens (tertiary/aromatic N) is 2. The van der Waals surface area contributed by atoms with Gasteiger partial charge in [0.25, 0.3) is 5.91 Å². The number of hydrogen-bond acceptors (Lipinski definition) is 5. The first-order valence-electron chi connectivity index (χ1n) is 10.8. The molecule has 0 bridgehead atoms. The highest BCUT2D eigenvalue weighted by Crippen LogP contribution is 2.33. The van der Waals surface area contributed by atoms with E-state index in [1.807, 2.05) is 12.1 Å². The van der Waals surface area contributed by atoms with Crippen LogP contribution in [0.5, 0.6) is 5.75 Å². The van der Waals surface area contributed by atoms with Gasteiger partial charge >= 0.3 is 0 Å². The molecular weight excluding hydrogens is 366 g/mol. The van der Waals surface area contributed by atoms with Gasteiger partial charge in [-0.05, 0) is 62.9 Å². The van der Waals surface area contributed by atoms with Crippen LogP contribution in [-0.4, -0.2) is 65.7 Å². The molecule has 1 saturated carbocycles. The number of rotatable bonds is 7. The summed E-state index contributed by atoms with van der Waals surface area (Å²) >= 11 is 0. The second-order valence-corrected chi connectivity index (χ2v) is 9.69. The van der Waals surface area contributed by atoms with Crippen molar-refractivity contribution in [3.63, 3.8) is 0 Å². The molecule has 29 heavy (non-hydrogen) atoms. The fraction of sp³-hybridized carbons (Fsp3) is 0.696. The van der Waals surface area contributed by atoms with Gasteiger partial charge in [0.15, 0.2) is 6.61 Å². The smallest absolute Gasteiger partial charge is 0.255 e. The van der Waals surface area contributed by atoms with Gasteiger partial charge in [-0.15, -0.1) is 0 Å². The van der Waals surface area contributed by atoms with Crippen LogP contribution in [0.15, 0.2) is 18.2 Å². The van der Waals surface area contributed by atoms with Gasteiger partial charge in [-0.2, -0.15) is 0 Å². The molecule has 3 atom stereocenters. The van der Waals surface area contributed by atoms with E-state index in [4.69, 9.17) is 10.5 Å². The number of aliphatic hydroxyl groups excluding tert-OH is 1. The Bertz CT molecular complexity index is 710. The molecule has 1 saturated heterocycles. The van der Waals surface area contributed by atoms with E-state index in [9.17, 15) is 9.90 Å². The zero-order valence-corrected chi connectivity index (χ0v) is 18.4. The van der Waals surface area contributed by atoms with Crippen molar-refractivity contribution in [2.24, 2.45) is 5.73 Å². The Labute approximate surface area is 175 Å². The second-order valence-electron chi connectivity index (χ2n) is 9.69. The Morgan fingerprint density at radius 1 is 1.28 bits per heavy atom. The number of ether oxygens (including phenoxy) is 1. The van der Waals surface area contributed by atoms with Crippen LogP contribution in [0.2, 0.25) is 0 Å². The summed E-state index contributed by atoms with van der Waals surface area (Å²) in [5.41, 5.74) is 7.53. The predicted molar refractivity (Wildman–Crippen MR) is 115 cm³/mol. The van der Waals surface area contributed by atoms with Crippen LogP contribution < -0.4 is 10.5 Å². The highest BCUT2D eigenvalue weighted by atomic mass is 16.5. The molecule has 3 rings (SSSR count). The van der Waals surface area contributed by atoms with Crippen molar-refractivity contribution < 1.29 is 14.6 Å². The Morgan fingerprint density at radius 2 is 1.97 bits per heavy atom. The van der Waals surface area contributed by atoms with Gasteiger partial charge in [0.05, 0.1) is 6.10 Å². The first kappa shape index (κ1) is 22.1. The quantitative estimate of drug-likeness (QED) is 0.730. The highest BCUT2D eigenvalue weighted by molar-refractivity contribution is 5.75. The van der Waals surface area contributed by atoms with Crippen LogP contribution in [0.25, 0.3) is 0 Å². The average Bonchev–Trinajstić information content (AvgIpc) is 3.29. The molecule has 1 aromatic carbocycles. The highest BCUT2D eigenvalue weighted by Gasteiger charge is 2.40. The van der Waals surface area contributed by atoms with Crippen molar-refractivity contribution in [3.05, 3.63) is 29.3 Å². The molecule has 6 heteroatoms. The number of primary amides is 1.